The summed E-state index contributed by atoms with van der Waals surface area (Å²) in [5.74, 6) is 0.129. The summed E-state index contributed by atoms with van der Waals surface area (Å²) >= 11 is 0. The third-order valence-electron chi connectivity index (χ3n) is 4.19. The van der Waals surface area contributed by atoms with Crippen molar-refractivity contribution in [2.75, 3.05) is 18.0 Å². The van der Waals surface area contributed by atoms with Gasteiger partial charge in [-0.05, 0) is 30.5 Å². The van der Waals surface area contributed by atoms with Crippen molar-refractivity contribution < 1.29 is 4.79 Å². The van der Waals surface area contributed by atoms with E-state index >= 15 is 0 Å². The minimum atomic E-state index is 0.129. The SMILES string of the molecule is O=C(Cc1ccccc1)NC1CCN(c2ccccc2)CC1. The van der Waals surface area contributed by atoms with Crippen LogP contribution in [0.15, 0.2) is 60.7 Å². The van der Waals surface area contributed by atoms with Gasteiger partial charge < -0.3 is 10.2 Å². The molecule has 0 unspecified atom stereocenters. The van der Waals surface area contributed by atoms with E-state index in [0.29, 0.717) is 12.5 Å². The fourth-order valence-corrected chi connectivity index (χ4v) is 2.98. The highest BCUT2D eigenvalue weighted by Crippen LogP contribution is 2.19. The van der Waals surface area contributed by atoms with Crippen LogP contribution in [0, 0.1) is 0 Å². The van der Waals surface area contributed by atoms with E-state index < -0.39 is 0 Å². The number of hydrogen-bond acceptors (Lipinski definition) is 2. The van der Waals surface area contributed by atoms with Gasteiger partial charge in [0.1, 0.15) is 0 Å². The second kappa shape index (κ2) is 7.12. The van der Waals surface area contributed by atoms with Crippen LogP contribution in [0.4, 0.5) is 5.69 Å². The molecular formula is C19H22N2O. The lowest BCUT2D eigenvalue weighted by Crippen LogP contribution is -2.45. The highest BCUT2D eigenvalue weighted by molar-refractivity contribution is 5.78. The van der Waals surface area contributed by atoms with E-state index in [2.05, 4.69) is 34.5 Å². The van der Waals surface area contributed by atoms with Crippen molar-refractivity contribution >= 4 is 11.6 Å². The van der Waals surface area contributed by atoms with E-state index in [-0.39, 0.29) is 5.91 Å². The van der Waals surface area contributed by atoms with Crippen LogP contribution in [0.3, 0.4) is 0 Å². The van der Waals surface area contributed by atoms with E-state index in [0.717, 1.165) is 31.5 Å². The molecular weight excluding hydrogens is 272 g/mol. The van der Waals surface area contributed by atoms with Crippen molar-refractivity contribution in [3.63, 3.8) is 0 Å². The van der Waals surface area contributed by atoms with Crippen molar-refractivity contribution in [1.82, 2.24) is 5.32 Å². The Kier molecular flexibility index (Phi) is 4.74. The molecule has 1 heterocycles. The van der Waals surface area contributed by atoms with E-state index in [1.807, 2.05) is 36.4 Å². The van der Waals surface area contributed by atoms with Crippen molar-refractivity contribution in [1.29, 1.82) is 0 Å². The molecule has 0 aromatic heterocycles. The monoisotopic (exact) mass is 294 g/mol. The zero-order chi connectivity index (χ0) is 15.2. The van der Waals surface area contributed by atoms with Crippen molar-refractivity contribution in [2.24, 2.45) is 0 Å². The number of amides is 1. The standard InChI is InChI=1S/C19H22N2O/c22-19(15-16-7-3-1-4-8-16)20-17-11-13-21(14-12-17)18-9-5-2-6-10-18/h1-10,17H,11-15H2,(H,20,22). The fraction of sp³-hybridized carbons (Fsp3) is 0.316. The van der Waals surface area contributed by atoms with Gasteiger partial charge in [0.25, 0.3) is 0 Å². The van der Waals surface area contributed by atoms with E-state index in [1.165, 1.54) is 5.69 Å². The van der Waals surface area contributed by atoms with Gasteiger partial charge in [0.05, 0.1) is 6.42 Å². The molecule has 0 aliphatic carbocycles. The smallest absolute Gasteiger partial charge is 0.224 e. The van der Waals surface area contributed by atoms with Crippen LogP contribution in [0.1, 0.15) is 18.4 Å². The van der Waals surface area contributed by atoms with E-state index in [9.17, 15) is 4.79 Å². The van der Waals surface area contributed by atoms with Gasteiger partial charge >= 0.3 is 0 Å². The van der Waals surface area contributed by atoms with Crippen LogP contribution < -0.4 is 10.2 Å². The number of nitrogens with one attached hydrogen (secondary N) is 1. The Balaban J connectivity index is 1.47. The first-order valence-electron chi connectivity index (χ1n) is 7.94. The molecule has 1 N–H and O–H groups in total. The Morgan fingerprint density at radius 2 is 1.55 bits per heavy atom. The highest BCUT2D eigenvalue weighted by atomic mass is 16.1. The second-order valence-electron chi connectivity index (χ2n) is 5.83. The molecule has 1 aliphatic heterocycles. The van der Waals surface area contributed by atoms with Crippen LogP contribution in [-0.4, -0.2) is 25.0 Å². The van der Waals surface area contributed by atoms with Gasteiger partial charge in [-0.2, -0.15) is 0 Å². The van der Waals surface area contributed by atoms with Gasteiger partial charge in [-0.15, -0.1) is 0 Å². The van der Waals surface area contributed by atoms with Crippen molar-refractivity contribution in [2.45, 2.75) is 25.3 Å². The summed E-state index contributed by atoms with van der Waals surface area (Å²) in [7, 11) is 0. The molecule has 1 aliphatic rings. The maximum atomic E-state index is 12.1. The average Bonchev–Trinajstić information content (AvgIpc) is 2.57. The lowest BCUT2D eigenvalue weighted by molar-refractivity contribution is -0.121. The van der Waals surface area contributed by atoms with Gasteiger partial charge in [-0.1, -0.05) is 48.5 Å². The molecule has 0 spiro atoms. The molecule has 0 radical (unpaired) electrons. The minimum Gasteiger partial charge on any atom is -0.371 e. The number of nitrogens with zero attached hydrogens (tertiary/aromatic N) is 1. The fourth-order valence-electron chi connectivity index (χ4n) is 2.98. The number of piperidine rings is 1. The van der Waals surface area contributed by atoms with Crippen LogP contribution >= 0.6 is 0 Å². The second-order valence-corrected chi connectivity index (χ2v) is 5.83. The lowest BCUT2D eigenvalue weighted by atomic mass is 10.0. The molecule has 22 heavy (non-hydrogen) atoms. The molecule has 114 valence electrons. The number of anilines is 1. The average molecular weight is 294 g/mol. The maximum Gasteiger partial charge on any atom is 0.224 e. The van der Waals surface area contributed by atoms with Gasteiger partial charge in [0.2, 0.25) is 5.91 Å². The summed E-state index contributed by atoms with van der Waals surface area (Å²) in [6, 6.07) is 20.7. The molecule has 1 saturated heterocycles. The molecule has 2 aromatic rings. The molecule has 3 rings (SSSR count). The third kappa shape index (κ3) is 3.88. The Hall–Kier alpha value is -2.29. The zero-order valence-electron chi connectivity index (χ0n) is 12.7. The lowest BCUT2D eigenvalue weighted by Gasteiger charge is -2.34. The predicted molar refractivity (Wildman–Crippen MR) is 90.0 cm³/mol. The molecule has 1 amide bonds. The summed E-state index contributed by atoms with van der Waals surface area (Å²) in [5, 5.41) is 3.17. The molecule has 2 aromatic carbocycles. The number of rotatable bonds is 4. The van der Waals surface area contributed by atoms with Gasteiger partial charge in [-0.3, -0.25) is 4.79 Å². The first-order chi connectivity index (χ1) is 10.8. The number of benzene rings is 2. The Morgan fingerprint density at radius 3 is 2.18 bits per heavy atom. The first kappa shape index (κ1) is 14.6. The first-order valence-corrected chi connectivity index (χ1v) is 7.94. The molecule has 1 fully saturated rings. The summed E-state index contributed by atoms with van der Waals surface area (Å²) in [6.45, 7) is 2.00. The molecule has 3 nitrogen and oxygen atoms in total. The number of carbonyl (C=O) groups is 1. The Morgan fingerprint density at radius 1 is 0.955 bits per heavy atom. The normalized spacial score (nSPS) is 15.5. The number of hydrogen-bond donors (Lipinski definition) is 1. The van der Waals surface area contributed by atoms with Gasteiger partial charge in [0.15, 0.2) is 0 Å². The Bertz CT molecular complexity index is 589. The highest BCUT2D eigenvalue weighted by Gasteiger charge is 2.20. The quantitative estimate of drug-likeness (QED) is 0.940. The topological polar surface area (TPSA) is 32.3 Å². The van der Waals surface area contributed by atoms with Crippen LogP contribution in [-0.2, 0) is 11.2 Å². The van der Waals surface area contributed by atoms with E-state index in [4.69, 9.17) is 0 Å². The van der Waals surface area contributed by atoms with Crippen molar-refractivity contribution in [3.05, 3.63) is 66.2 Å². The summed E-state index contributed by atoms with van der Waals surface area (Å²) < 4.78 is 0. The summed E-state index contributed by atoms with van der Waals surface area (Å²) in [5.41, 5.74) is 2.35. The number of carbonyl (C=O) groups excluding carboxylic acids is 1. The molecule has 0 atom stereocenters. The number of para-hydroxylation sites is 1. The largest absolute Gasteiger partial charge is 0.371 e. The van der Waals surface area contributed by atoms with Crippen LogP contribution in [0.5, 0.6) is 0 Å². The maximum absolute atomic E-state index is 12.1. The van der Waals surface area contributed by atoms with Crippen LogP contribution in [0.2, 0.25) is 0 Å². The summed E-state index contributed by atoms with van der Waals surface area (Å²) in [6.07, 6.45) is 2.49. The molecule has 0 saturated carbocycles. The summed E-state index contributed by atoms with van der Waals surface area (Å²) in [4.78, 5) is 14.5. The predicted octanol–water partition coefficient (Wildman–Crippen LogP) is 3.01. The Labute approximate surface area is 132 Å². The van der Waals surface area contributed by atoms with Crippen LogP contribution in [0.25, 0.3) is 0 Å². The van der Waals surface area contributed by atoms with E-state index in [1.54, 1.807) is 0 Å². The zero-order valence-corrected chi connectivity index (χ0v) is 12.7. The van der Waals surface area contributed by atoms with Crippen molar-refractivity contribution in [3.8, 4) is 0 Å². The third-order valence-corrected chi connectivity index (χ3v) is 4.19. The molecule has 3 heteroatoms. The molecule has 0 bridgehead atoms. The minimum absolute atomic E-state index is 0.129. The van der Waals surface area contributed by atoms with Gasteiger partial charge in [-0.25, -0.2) is 0 Å². The van der Waals surface area contributed by atoms with Gasteiger partial charge in [0, 0.05) is 24.8 Å².